The molecule has 1 heterocycles. The maximum Gasteiger partial charge on any atom is 0.223 e. The van der Waals surface area contributed by atoms with Gasteiger partial charge in [-0.15, -0.1) is 0 Å². The highest BCUT2D eigenvalue weighted by Crippen LogP contribution is 2.19. The van der Waals surface area contributed by atoms with Gasteiger partial charge in [0.2, 0.25) is 5.95 Å². The molecule has 2 aromatic rings. The topological polar surface area (TPSA) is 99.6 Å². The fourth-order valence-electron chi connectivity index (χ4n) is 1.69. The lowest BCUT2D eigenvalue weighted by atomic mass is 10.2. The molecular weight excluding hydrogens is 252 g/mol. The number of nitrogens with two attached hydrogens (primary N) is 1. The number of benzene rings is 1. The summed E-state index contributed by atoms with van der Waals surface area (Å²) in [6.07, 6.45) is 0.997. The predicted octanol–water partition coefficient (Wildman–Crippen LogP) is 2.50. The number of anilines is 4. The summed E-state index contributed by atoms with van der Waals surface area (Å²) in [6.45, 7) is 2.89. The molecule has 1 aromatic heterocycles. The first-order valence-corrected chi connectivity index (χ1v) is 6.37. The van der Waals surface area contributed by atoms with Gasteiger partial charge in [-0.3, -0.25) is 0 Å². The van der Waals surface area contributed by atoms with Crippen LogP contribution in [0.25, 0.3) is 0 Å². The number of aromatic nitrogens is 2. The van der Waals surface area contributed by atoms with E-state index in [1.54, 1.807) is 18.2 Å². The molecule has 6 heteroatoms. The Kier molecular flexibility index (Phi) is 4.35. The Morgan fingerprint density at radius 3 is 2.80 bits per heavy atom. The van der Waals surface area contributed by atoms with Gasteiger partial charge in [-0.05, 0) is 24.6 Å². The van der Waals surface area contributed by atoms with Gasteiger partial charge in [0, 0.05) is 18.3 Å². The fourth-order valence-corrected chi connectivity index (χ4v) is 1.69. The maximum absolute atomic E-state index is 8.88. The first-order valence-electron chi connectivity index (χ1n) is 6.37. The Labute approximate surface area is 117 Å². The molecule has 0 aliphatic carbocycles. The van der Waals surface area contributed by atoms with Crippen molar-refractivity contribution < 1.29 is 0 Å². The van der Waals surface area contributed by atoms with Gasteiger partial charge in [0.25, 0.3) is 0 Å². The minimum absolute atomic E-state index is 0.199. The SMILES string of the molecule is CCCNc1cc(Nc2cccc(C#N)c2)nc(N)n1. The van der Waals surface area contributed by atoms with Crippen LogP contribution in [0.3, 0.4) is 0 Å². The van der Waals surface area contributed by atoms with E-state index in [1.807, 2.05) is 12.1 Å². The van der Waals surface area contributed by atoms with Crippen LogP contribution in [0.15, 0.2) is 30.3 Å². The molecule has 20 heavy (non-hydrogen) atoms. The molecule has 0 saturated heterocycles. The second-order valence-electron chi connectivity index (χ2n) is 4.24. The van der Waals surface area contributed by atoms with Gasteiger partial charge >= 0.3 is 0 Å². The first kappa shape index (κ1) is 13.6. The molecule has 0 unspecified atom stereocenters. The van der Waals surface area contributed by atoms with E-state index in [1.165, 1.54) is 0 Å². The number of nitrogens with one attached hydrogen (secondary N) is 2. The van der Waals surface area contributed by atoms with E-state index < -0.39 is 0 Å². The second-order valence-corrected chi connectivity index (χ2v) is 4.24. The van der Waals surface area contributed by atoms with E-state index >= 15 is 0 Å². The molecule has 0 bridgehead atoms. The normalized spacial score (nSPS) is 9.80. The number of rotatable bonds is 5. The van der Waals surface area contributed by atoms with Crippen molar-refractivity contribution in [1.82, 2.24) is 9.97 Å². The van der Waals surface area contributed by atoms with Gasteiger partial charge in [0.15, 0.2) is 0 Å². The lowest BCUT2D eigenvalue weighted by Gasteiger charge is -2.09. The molecule has 6 nitrogen and oxygen atoms in total. The molecule has 2 rings (SSSR count). The summed E-state index contributed by atoms with van der Waals surface area (Å²) in [5.74, 6) is 1.47. The molecule has 0 aliphatic rings. The van der Waals surface area contributed by atoms with Crippen molar-refractivity contribution in [2.24, 2.45) is 0 Å². The molecular formula is C14H16N6. The van der Waals surface area contributed by atoms with Crippen molar-refractivity contribution in [3.63, 3.8) is 0 Å². The standard InChI is InChI=1S/C14H16N6/c1-2-6-17-12-8-13(20-14(16)19-12)18-11-5-3-4-10(7-11)9-15/h3-5,7-8H,2,6H2,1H3,(H4,16,17,18,19,20). The van der Waals surface area contributed by atoms with Crippen molar-refractivity contribution in [2.75, 3.05) is 22.9 Å². The van der Waals surface area contributed by atoms with Crippen LogP contribution in [0, 0.1) is 11.3 Å². The summed E-state index contributed by atoms with van der Waals surface area (Å²) in [6, 6.07) is 11.0. The van der Waals surface area contributed by atoms with Gasteiger partial charge in [0.1, 0.15) is 11.6 Å². The molecule has 1 aromatic carbocycles. The van der Waals surface area contributed by atoms with Gasteiger partial charge in [-0.25, -0.2) is 0 Å². The summed E-state index contributed by atoms with van der Waals surface area (Å²) in [7, 11) is 0. The van der Waals surface area contributed by atoms with Crippen LogP contribution < -0.4 is 16.4 Å². The molecule has 0 fully saturated rings. The Bertz CT molecular complexity index is 632. The third-order valence-electron chi connectivity index (χ3n) is 2.56. The third kappa shape index (κ3) is 3.59. The largest absolute Gasteiger partial charge is 0.370 e. The first-order chi connectivity index (χ1) is 9.71. The van der Waals surface area contributed by atoms with E-state index in [0.29, 0.717) is 17.2 Å². The van der Waals surface area contributed by atoms with Crippen LogP contribution in [0.1, 0.15) is 18.9 Å². The highest BCUT2D eigenvalue weighted by atomic mass is 15.1. The van der Waals surface area contributed by atoms with Gasteiger partial charge in [0.05, 0.1) is 11.6 Å². The Hall–Kier alpha value is -2.81. The lowest BCUT2D eigenvalue weighted by Crippen LogP contribution is -2.06. The number of nitrogen functional groups attached to an aromatic ring is 1. The zero-order valence-corrected chi connectivity index (χ0v) is 11.2. The number of nitriles is 1. The molecule has 4 N–H and O–H groups in total. The van der Waals surface area contributed by atoms with Crippen LogP contribution in [-0.4, -0.2) is 16.5 Å². The second kappa shape index (κ2) is 6.38. The van der Waals surface area contributed by atoms with E-state index in [0.717, 1.165) is 18.7 Å². The van der Waals surface area contributed by atoms with Gasteiger partial charge in [-0.2, -0.15) is 15.2 Å². The average Bonchev–Trinajstić information content (AvgIpc) is 2.44. The summed E-state index contributed by atoms with van der Waals surface area (Å²) in [5.41, 5.74) is 7.05. The Morgan fingerprint density at radius 1 is 1.25 bits per heavy atom. The highest BCUT2D eigenvalue weighted by molar-refractivity contribution is 5.62. The molecule has 0 atom stereocenters. The fraction of sp³-hybridized carbons (Fsp3) is 0.214. The summed E-state index contributed by atoms with van der Waals surface area (Å²) in [5, 5.41) is 15.2. The molecule has 0 spiro atoms. The summed E-state index contributed by atoms with van der Waals surface area (Å²) < 4.78 is 0. The van der Waals surface area contributed by atoms with E-state index in [9.17, 15) is 0 Å². The number of nitrogens with zero attached hydrogens (tertiary/aromatic N) is 3. The molecule has 102 valence electrons. The number of hydrogen-bond donors (Lipinski definition) is 3. The average molecular weight is 268 g/mol. The Morgan fingerprint density at radius 2 is 2.05 bits per heavy atom. The predicted molar refractivity (Wildman–Crippen MR) is 79.7 cm³/mol. The molecule has 0 radical (unpaired) electrons. The van der Waals surface area contributed by atoms with Gasteiger partial charge in [-0.1, -0.05) is 13.0 Å². The van der Waals surface area contributed by atoms with Crippen LogP contribution in [0.4, 0.5) is 23.3 Å². The minimum atomic E-state index is 0.199. The smallest absolute Gasteiger partial charge is 0.223 e. The minimum Gasteiger partial charge on any atom is -0.370 e. The Balaban J connectivity index is 2.20. The molecule has 0 saturated carbocycles. The van der Waals surface area contributed by atoms with E-state index in [2.05, 4.69) is 33.6 Å². The van der Waals surface area contributed by atoms with Crippen molar-refractivity contribution >= 4 is 23.3 Å². The van der Waals surface area contributed by atoms with Crippen LogP contribution in [-0.2, 0) is 0 Å². The van der Waals surface area contributed by atoms with E-state index in [4.69, 9.17) is 11.0 Å². The van der Waals surface area contributed by atoms with Crippen molar-refractivity contribution in [2.45, 2.75) is 13.3 Å². The van der Waals surface area contributed by atoms with Crippen molar-refractivity contribution in [3.05, 3.63) is 35.9 Å². The quantitative estimate of drug-likeness (QED) is 0.770. The third-order valence-corrected chi connectivity index (χ3v) is 2.56. The van der Waals surface area contributed by atoms with Crippen LogP contribution >= 0.6 is 0 Å². The lowest BCUT2D eigenvalue weighted by molar-refractivity contribution is 0.967. The monoisotopic (exact) mass is 268 g/mol. The maximum atomic E-state index is 8.88. The number of hydrogen-bond acceptors (Lipinski definition) is 6. The van der Waals surface area contributed by atoms with Gasteiger partial charge < -0.3 is 16.4 Å². The van der Waals surface area contributed by atoms with E-state index in [-0.39, 0.29) is 5.95 Å². The van der Waals surface area contributed by atoms with Crippen molar-refractivity contribution in [1.29, 1.82) is 5.26 Å². The zero-order valence-electron chi connectivity index (χ0n) is 11.2. The summed E-state index contributed by atoms with van der Waals surface area (Å²) in [4.78, 5) is 8.24. The molecule has 0 aliphatic heterocycles. The molecule has 0 amide bonds. The zero-order chi connectivity index (χ0) is 14.4. The summed E-state index contributed by atoms with van der Waals surface area (Å²) >= 11 is 0. The van der Waals surface area contributed by atoms with Crippen molar-refractivity contribution in [3.8, 4) is 6.07 Å². The van der Waals surface area contributed by atoms with Crippen LogP contribution in [0.2, 0.25) is 0 Å². The van der Waals surface area contributed by atoms with Crippen LogP contribution in [0.5, 0.6) is 0 Å². The highest BCUT2D eigenvalue weighted by Gasteiger charge is 2.03.